The summed E-state index contributed by atoms with van der Waals surface area (Å²) < 4.78 is 5.81. The van der Waals surface area contributed by atoms with E-state index in [0.29, 0.717) is 6.10 Å². The highest BCUT2D eigenvalue weighted by atomic mass is 16.5. The van der Waals surface area contributed by atoms with E-state index in [1.807, 2.05) is 0 Å². The van der Waals surface area contributed by atoms with Crippen LogP contribution in [0.2, 0.25) is 0 Å². The SMILES string of the molecule is CN(CC1CCCCO1)c1cccc(CNC2CC2)n1. The Morgan fingerprint density at radius 1 is 1.30 bits per heavy atom. The van der Waals surface area contributed by atoms with Crippen molar-refractivity contribution in [1.82, 2.24) is 10.3 Å². The van der Waals surface area contributed by atoms with Crippen molar-refractivity contribution in [2.24, 2.45) is 0 Å². The fourth-order valence-electron chi connectivity index (χ4n) is 2.66. The van der Waals surface area contributed by atoms with Gasteiger partial charge in [0.25, 0.3) is 0 Å². The van der Waals surface area contributed by atoms with E-state index >= 15 is 0 Å². The monoisotopic (exact) mass is 275 g/mol. The Kier molecular flexibility index (Phi) is 4.53. The molecule has 1 aromatic heterocycles. The normalized spacial score (nSPS) is 22.8. The lowest BCUT2D eigenvalue weighted by atomic mass is 10.1. The number of likely N-dealkylation sites (N-methyl/N-ethyl adjacent to an activating group) is 1. The Labute approximate surface area is 121 Å². The second-order valence-corrected chi connectivity index (χ2v) is 6.01. The zero-order chi connectivity index (χ0) is 13.8. The summed E-state index contributed by atoms with van der Waals surface area (Å²) in [7, 11) is 2.11. The molecule has 0 bridgehead atoms. The van der Waals surface area contributed by atoms with Crippen LogP contribution in [0, 0.1) is 0 Å². The van der Waals surface area contributed by atoms with Gasteiger partial charge in [-0.25, -0.2) is 4.98 Å². The van der Waals surface area contributed by atoms with Gasteiger partial charge < -0.3 is 15.0 Å². The third-order valence-electron chi connectivity index (χ3n) is 4.08. The Balaban J connectivity index is 1.55. The lowest BCUT2D eigenvalue weighted by Gasteiger charge is -2.28. The topological polar surface area (TPSA) is 37.4 Å². The molecule has 2 heterocycles. The summed E-state index contributed by atoms with van der Waals surface area (Å²) >= 11 is 0. The molecule has 0 amide bonds. The predicted molar refractivity (Wildman–Crippen MR) is 81.0 cm³/mol. The molecule has 1 N–H and O–H groups in total. The molecule has 2 aliphatic rings. The third-order valence-corrected chi connectivity index (χ3v) is 4.08. The van der Waals surface area contributed by atoms with Gasteiger partial charge in [0.1, 0.15) is 5.82 Å². The first-order valence-electron chi connectivity index (χ1n) is 7.83. The van der Waals surface area contributed by atoms with Gasteiger partial charge in [0.05, 0.1) is 11.8 Å². The highest BCUT2D eigenvalue weighted by Gasteiger charge is 2.20. The Morgan fingerprint density at radius 2 is 2.20 bits per heavy atom. The summed E-state index contributed by atoms with van der Waals surface area (Å²) in [5.41, 5.74) is 1.13. The molecule has 110 valence electrons. The molecule has 1 aromatic rings. The molecule has 4 heteroatoms. The van der Waals surface area contributed by atoms with Gasteiger partial charge in [-0.2, -0.15) is 0 Å². The van der Waals surface area contributed by atoms with E-state index in [0.717, 1.165) is 37.3 Å². The molecule has 1 aliphatic carbocycles. The molecule has 2 fully saturated rings. The van der Waals surface area contributed by atoms with Gasteiger partial charge >= 0.3 is 0 Å². The van der Waals surface area contributed by atoms with E-state index < -0.39 is 0 Å². The van der Waals surface area contributed by atoms with E-state index in [1.54, 1.807) is 0 Å². The largest absolute Gasteiger partial charge is 0.376 e. The number of anilines is 1. The van der Waals surface area contributed by atoms with Gasteiger partial charge in [-0.15, -0.1) is 0 Å². The van der Waals surface area contributed by atoms with E-state index in [9.17, 15) is 0 Å². The molecule has 3 rings (SSSR count). The number of rotatable bonds is 6. The van der Waals surface area contributed by atoms with Crippen LogP contribution >= 0.6 is 0 Å². The molecule has 4 nitrogen and oxygen atoms in total. The van der Waals surface area contributed by atoms with Crippen molar-refractivity contribution in [3.8, 4) is 0 Å². The maximum atomic E-state index is 5.81. The number of pyridine rings is 1. The van der Waals surface area contributed by atoms with Gasteiger partial charge in [0.2, 0.25) is 0 Å². The lowest BCUT2D eigenvalue weighted by molar-refractivity contribution is 0.0215. The number of hydrogen-bond donors (Lipinski definition) is 1. The Hall–Kier alpha value is -1.13. The van der Waals surface area contributed by atoms with E-state index in [-0.39, 0.29) is 0 Å². The number of nitrogens with one attached hydrogen (secondary N) is 1. The predicted octanol–water partition coefficient (Wildman–Crippen LogP) is 2.34. The minimum Gasteiger partial charge on any atom is -0.376 e. The maximum Gasteiger partial charge on any atom is 0.128 e. The first kappa shape index (κ1) is 13.8. The van der Waals surface area contributed by atoms with Crippen LogP contribution < -0.4 is 10.2 Å². The number of hydrogen-bond acceptors (Lipinski definition) is 4. The van der Waals surface area contributed by atoms with Crippen LogP contribution in [0.3, 0.4) is 0 Å². The molecule has 1 saturated carbocycles. The van der Waals surface area contributed by atoms with Crippen molar-refractivity contribution in [2.45, 2.75) is 50.8 Å². The highest BCUT2D eigenvalue weighted by molar-refractivity contribution is 5.38. The zero-order valence-corrected chi connectivity index (χ0v) is 12.3. The minimum absolute atomic E-state index is 0.365. The molecule has 1 unspecified atom stereocenters. The van der Waals surface area contributed by atoms with Crippen molar-refractivity contribution in [1.29, 1.82) is 0 Å². The Morgan fingerprint density at radius 3 is 2.95 bits per heavy atom. The lowest BCUT2D eigenvalue weighted by Crippen LogP contribution is -2.33. The summed E-state index contributed by atoms with van der Waals surface area (Å²) in [6.07, 6.45) is 6.67. The molecular weight excluding hydrogens is 250 g/mol. The molecule has 0 aromatic carbocycles. The van der Waals surface area contributed by atoms with Crippen LogP contribution in [0.25, 0.3) is 0 Å². The minimum atomic E-state index is 0.365. The van der Waals surface area contributed by atoms with E-state index in [4.69, 9.17) is 9.72 Å². The summed E-state index contributed by atoms with van der Waals surface area (Å²) in [6.45, 7) is 2.73. The first-order valence-corrected chi connectivity index (χ1v) is 7.83. The molecule has 20 heavy (non-hydrogen) atoms. The fraction of sp³-hybridized carbons (Fsp3) is 0.688. The zero-order valence-electron chi connectivity index (χ0n) is 12.3. The smallest absolute Gasteiger partial charge is 0.128 e. The molecule has 1 atom stereocenters. The van der Waals surface area contributed by atoms with Crippen molar-refractivity contribution in [2.75, 3.05) is 25.1 Å². The third kappa shape index (κ3) is 3.93. The quantitative estimate of drug-likeness (QED) is 0.864. The standard InChI is InChI=1S/C16H25N3O/c1-19(12-15-6-2-3-10-20-15)16-7-4-5-14(18-16)11-17-13-8-9-13/h4-5,7,13,15,17H,2-3,6,8-12H2,1H3. The first-order chi connectivity index (χ1) is 9.81. The average Bonchev–Trinajstić information content (AvgIpc) is 3.31. The van der Waals surface area contributed by atoms with Crippen molar-refractivity contribution >= 4 is 5.82 Å². The summed E-state index contributed by atoms with van der Waals surface area (Å²) in [4.78, 5) is 6.96. The van der Waals surface area contributed by atoms with Crippen molar-refractivity contribution < 1.29 is 4.74 Å². The van der Waals surface area contributed by atoms with Crippen LogP contribution in [0.5, 0.6) is 0 Å². The van der Waals surface area contributed by atoms with Gasteiger partial charge in [-0.05, 0) is 44.2 Å². The molecule has 1 saturated heterocycles. The second-order valence-electron chi connectivity index (χ2n) is 6.01. The van der Waals surface area contributed by atoms with Crippen LogP contribution in [0.15, 0.2) is 18.2 Å². The second kappa shape index (κ2) is 6.55. The maximum absolute atomic E-state index is 5.81. The van der Waals surface area contributed by atoms with E-state index in [2.05, 4.69) is 35.5 Å². The summed E-state index contributed by atoms with van der Waals surface area (Å²) in [5, 5.41) is 3.51. The van der Waals surface area contributed by atoms with Crippen LogP contribution in [-0.4, -0.2) is 37.3 Å². The van der Waals surface area contributed by atoms with E-state index in [1.165, 1.54) is 32.1 Å². The van der Waals surface area contributed by atoms with Crippen LogP contribution in [-0.2, 0) is 11.3 Å². The van der Waals surface area contributed by atoms with Crippen molar-refractivity contribution in [3.05, 3.63) is 23.9 Å². The van der Waals surface area contributed by atoms with Gasteiger partial charge in [-0.3, -0.25) is 0 Å². The summed E-state index contributed by atoms with van der Waals surface area (Å²) in [6, 6.07) is 7.02. The average molecular weight is 275 g/mol. The van der Waals surface area contributed by atoms with Gasteiger partial charge in [0, 0.05) is 32.8 Å². The summed E-state index contributed by atoms with van der Waals surface area (Å²) in [5.74, 6) is 1.05. The number of ether oxygens (including phenoxy) is 1. The number of aromatic nitrogens is 1. The van der Waals surface area contributed by atoms with Gasteiger partial charge in [-0.1, -0.05) is 6.07 Å². The molecule has 1 aliphatic heterocycles. The Bertz CT molecular complexity index is 427. The molecular formula is C16H25N3O. The molecule has 0 radical (unpaired) electrons. The molecule has 0 spiro atoms. The number of nitrogens with zero attached hydrogens (tertiary/aromatic N) is 2. The van der Waals surface area contributed by atoms with Crippen molar-refractivity contribution in [3.63, 3.8) is 0 Å². The van der Waals surface area contributed by atoms with Crippen LogP contribution in [0.1, 0.15) is 37.8 Å². The highest BCUT2D eigenvalue weighted by Crippen LogP contribution is 2.20. The van der Waals surface area contributed by atoms with Crippen LogP contribution in [0.4, 0.5) is 5.82 Å². The van der Waals surface area contributed by atoms with Gasteiger partial charge in [0.15, 0.2) is 0 Å². The fourth-order valence-corrected chi connectivity index (χ4v) is 2.66.